The van der Waals surface area contributed by atoms with Crippen LogP contribution in [0.3, 0.4) is 0 Å². The number of nitrogens with zero attached hydrogens (tertiary/aromatic N) is 1. The van der Waals surface area contributed by atoms with E-state index in [0.717, 1.165) is 0 Å². The molecule has 0 aliphatic carbocycles. The Morgan fingerprint density at radius 1 is 1.50 bits per heavy atom. The van der Waals surface area contributed by atoms with Crippen LogP contribution in [0.4, 0.5) is 0 Å². The van der Waals surface area contributed by atoms with Gasteiger partial charge >= 0.3 is 0 Å². The summed E-state index contributed by atoms with van der Waals surface area (Å²) in [5, 5.41) is 18.9. The Kier molecular flexibility index (Phi) is 12.7. The predicted molar refractivity (Wildman–Crippen MR) is 36.8 cm³/mol. The fraction of sp³-hybridized carbons (Fsp3) is 0.667. The molecule has 0 spiro atoms. The summed E-state index contributed by atoms with van der Waals surface area (Å²) in [5.41, 5.74) is -1.35. The summed E-state index contributed by atoms with van der Waals surface area (Å²) in [4.78, 5) is 9.79. The van der Waals surface area contributed by atoms with Crippen LogP contribution in [0.15, 0.2) is 0 Å². The number of hydrogen-bond acceptors (Lipinski definition) is 3. The van der Waals surface area contributed by atoms with Crippen molar-refractivity contribution in [3.05, 3.63) is 23.0 Å². The van der Waals surface area contributed by atoms with Gasteiger partial charge in [-0.05, 0) is 4.92 Å². The molecular formula is C6H11NO3VW-2. The van der Waals surface area contributed by atoms with Crippen LogP contribution in [0.2, 0.25) is 0 Å². The van der Waals surface area contributed by atoms with Crippen molar-refractivity contribution in [3.63, 3.8) is 0 Å². The second-order valence-electron chi connectivity index (χ2n) is 1.98. The van der Waals surface area contributed by atoms with E-state index >= 15 is 0 Å². The molecule has 0 bridgehead atoms. The van der Waals surface area contributed by atoms with Crippen LogP contribution in [0.25, 0.3) is 0 Å². The van der Waals surface area contributed by atoms with Crippen LogP contribution >= 0.6 is 0 Å². The van der Waals surface area contributed by atoms with Gasteiger partial charge in [-0.25, -0.2) is 0 Å². The standard InChI is InChI=1S/C6H11NO3.V.W/c1-3-6(4-2,5-8)7(9)10;;/h3-4,8H,5H2,1-2H3;;/q-2;;. The molecule has 0 aromatic heterocycles. The molecule has 0 heterocycles. The van der Waals surface area contributed by atoms with Crippen molar-refractivity contribution >= 4 is 0 Å². The van der Waals surface area contributed by atoms with Crippen molar-refractivity contribution in [2.75, 3.05) is 6.61 Å². The molecule has 0 aliphatic rings. The zero-order chi connectivity index (χ0) is 8.20. The Labute approximate surface area is 98.4 Å². The van der Waals surface area contributed by atoms with E-state index in [1.165, 1.54) is 12.8 Å². The Hall–Kier alpha value is 0.633. The van der Waals surface area contributed by atoms with E-state index in [0.29, 0.717) is 0 Å². The SMILES string of the molecule is C[CH-]C([CH-]C)(CO)[N+](=O)[O-].[V].[W]. The second-order valence-corrected chi connectivity index (χ2v) is 1.98. The molecule has 0 aliphatic heterocycles. The van der Waals surface area contributed by atoms with Gasteiger partial charge in [-0.1, -0.05) is 0 Å². The van der Waals surface area contributed by atoms with Crippen LogP contribution in [0.5, 0.6) is 0 Å². The van der Waals surface area contributed by atoms with Gasteiger partial charge in [-0.15, -0.1) is 0 Å². The van der Waals surface area contributed by atoms with Gasteiger partial charge in [0.2, 0.25) is 0 Å². The molecule has 0 atom stereocenters. The number of aliphatic hydroxyl groups excluding tert-OH is 1. The third kappa shape index (κ3) is 4.04. The van der Waals surface area contributed by atoms with Gasteiger partial charge < -0.3 is 5.11 Å². The van der Waals surface area contributed by atoms with Crippen LogP contribution in [0.1, 0.15) is 13.8 Å². The van der Waals surface area contributed by atoms with Gasteiger partial charge in [-0.2, -0.15) is 13.8 Å². The summed E-state index contributed by atoms with van der Waals surface area (Å²) < 4.78 is 0. The minimum absolute atomic E-state index is 0. The Balaban J connectivity index is -0.000000405. The smallest absolute Gasteiger partial charge is 0.0555 e. The van der Waals surface area contributed by atoms with Gasteiger partial charge in [0.15, 0.2) is 0 Å². The Morgan fingerprint density at radius 3 is 1.83 bits per heavy atom. The molecule has 1 N–H and O–H groups in total. The third-order valence-corrected chi connectivity index (χ3v) is 1.59. The molecule has 0 rings (SSSR count). The molecule has 0 saturated heterocycles. The summed E-state index contributed by atoms with van der Waals surface area (Å²) >= 11 is 0. The first-order valence-electron chi connectivity index (χ1n) is 2.99. The zero-order valence-corrected chi connectivity index (χ0v) is 11.3. The average Bonchev–Trinajstić information content (AvgIpc) is 1.92. The monoisotopic (exact) mass is 380 g/mol. The maximum Gasteiger partial charge on any atom is 0.0555 e. The Bertz CT molecular complexity index is 122. The summed E-state index contributed by atoms with van der Waals surface area (Å²) in [6, 6.07) is 0. The normalized spacial score (nSPS) is 9.58. The van der Waals surface area contributed by atoms with Crippen molar-refractivity contribution in [2.24, 2.45) is 0 Å². The van der Waals surface area contributed by atoms with E-state index in [-0.39, 0.29) is 39.6 Å². The second kappa shape index (κ2) is 8.24. The summed E-state index contributed by atoms with van der Waals surface area (Å²) in [7, 11) is 0. The molecule has 0 aromatic rings. The minimum atomic E-state index is -1.35. The average molecular weight is 380 g/mol. The molecule has 71 valence electrons. The van der Waals surface area contributed by atoms with Crippen molar-refractivity contribution in [1.82, 2.24) is 0 Å². The number of rotatable bonds is 4. The molecule has 4 nitrogen and oxygen atoms in total. The third-order valence-electron chi connectivity index (χ3n) is 1.59. The summed E-state index contributed by atoms with van der Waals surface area (Å²) in [6.07, 6.45) is 2.74. The van der Waals surface area contributed by atoms with Gasteiger partial charge in [0, 0.05) is 45.2 Å². The van der Waals surface area contributed by atoms with E-state index in [1.54, 1.807) is 13.8 Å². The molecule has 0 saturated carbocycles. The minimum Gasteiger partial charge on any atom is -0.395 e. The van der Waals surface area contributed by atoms with E-state index in [2.05, 4.69) is 0 Å². The number of hydrogen-bond donors (Lipinski definition) is 1. The molecule has 0 aromatic carbocycles. The molecule has 6 heteroatoms. The largest absolute Gasteiger partial charge is 0.395 e. The molecule has 0 fully saturated rings. The van der Waals surface area contributed by atoms with Crippen LogP contribution in [0, 0.1) is 23.0 Å². The Morgan fingerprint density at radius 2 is 1.83 bits per heavy atom. The van der Waals surface area contributed by atoms with Crippen LogP contribution < -0.4 is 0 Å². The molecule has 0 amide bonds. The predicted octanol–water partition coefficient (Wildman–Crippen LogP) is 0.438. The maximum absolute atomic E-state index is 10.3. The van der Waals surface area contributed by atoms with E-state index in [4.69, 9.17) is 5.11 Å². The molecule has 1 radical (unpaired) electrons. The van der Waals surface area contributed by atoms with E-state index < -0.39 is 17.1 Å². The number of aliphatic hydroxyl groups is 1. The van der Waals surface area contributed by atoms with Gasteiger partial charge in [0.25, 0.3) is 0 Å². The van der Waals surface area contributed by atoms with Crippen LogP contribution in [-0.4, -0.2) is 22.2 Å². The summed E-state index contributed by atoms with van der Waals surface area (Å²) in [6.45, 7) is 2.63. The molecule has 0 unspecified atom stereocenters. The van der Waals surface area contributed by atoms with Gasteiger partial charge in [-0.3, -0.25) is 23.0 Å². The van der Waals surface area contributed by atoms with Crippen molar-refractivity contribution in [1.29, 1.82) is 0 Å². The first kappa shape index (κ1) is 18.4. The van der Waals surface area contributed by atoms with E-state index in [1.807, 2.05) is 0 Å². The first-order chi connectivity index (χ1) is 4.63. The quantitative estimate of drug-likeness (QED) is 0.438. The van der Waals surface area contributed by atoms with Crippen molar-refractivity contribution in [2.45, 2.75) is 19.4 Å². The first-order valence-corrected chi connectivity index (χ1v) is 2.99. The van der Waals surface area contributed by atoms with E-state index in [9.17, 15) is 10.1 Å². The molecular weight excluding hydrogens is 369 g/mol. The summed E-state index contributed by atoms with van der Waals surface area (Å²) in [5.74, 6) is 0. The van der Waals surface area contributed by atoms with Crippen molar-refractivity contribution in [3.8, 4) is 0 Å². The zero-order valence-electron chi connectivity index (χ0n) is 6.93. The van der Waals surface area contributed by atoms with Crippen molar-refractivity contribution < 1.29 is 49.7 Å². The molecule has 12 heavy (non-hydrogen) atoms. The topological polar surface area (TPSA) is 63.4 Å². The maximum atomic E-state index is 10.3. The fourth-order valence-electron chi connectivity index (χ4n) is 0.618. The number of nitro groups is 1. The van der Waals surface area contributed by atoms with Crippen LogP contribution in [-0.2, 0) is 39.6 Å². The van der Waals surface area contributed by atoms with Gasteiger partial charge in [0.1, 0.15) is 0 Å². The fourth-order valence-corrected chi connectivity index (χ4v) is 0.618. The van der Waals surface area contributed by atoms with Gasteiger partial charge in [0.05, 0.1) is 6.61 Å².